The molecule has 1 unspecified atom stereocenters. The third kappa shape index (κ3) is 3.56. The number of amides is 2. The molecule has 1 aromatic rings. The Morgan fingerprint density at radius 2 is 2.11 bits per heavy atom. The first-order chi connectivity index (χ1) is 9.10. The molecule has 0 saturated carbocycles. The van der Waals surface area contributed by atoms with Crippen molar-refractivity contribution in [1.29, 1.82) is 0 Å². The quantitative estimate of drug-likeness (QED) is 0.856. The van der Waals surface area contributed by atoms with E-state index in [1.807, 2.05) is 25.1 Å². The van der Waals surface area contributed by atoms with E-state index in [4.69, 9.17) is 0 Å². The van der Waals surface area contributed by atoms with Crippen molar-refractivity contribution in [1.82, 2.24) is 10.6 Å². The molecule has 102 valence electrons. The van der Waals surface area contributed by atoms with Gasteiger partial charge in [0.1, 0.15) is 0 Å². The van der Waals surface area contributed by atoms with E-state index in [9.17, 15) is 9.59 Å². The summed E-state index contributed by atoms with van der Waals surface area (Å²) in [6, 6.07) is 10.1. The van der Waals surface area contributed by atoms with Gasteiger partial charge in [-0.3, -0.25) is 9.59 Å². The van der Waals surface area contributed by atoms with Crippen LogP contribution in [0.4, 0.5) is 0 Å². The highest BCUT2D eigenvalue weighted by Gasteiger charge is 2.36. The molecule has 0 aromatic heterocycles. The Balaban J connectivity index is 1.79. The van der Waals surface area contributed by atoms with Gasteiger partial charge in [0.25, 0.3) is 0 Å². The highest BCUT2D eigenvalue weighted by Crippen LogP contribution is 2.25. The highest BCUT2D eigenvalue weighted by molar-refractivity contribution is 5.86. The fraction of sp³-hybridized carbons (Fsp3) is 0.467. The number of carbonyl (C=O) groups is 2. The Labute approximate surface area is 113 Å². The first kappa shape index (κ1) is 13.6. The molecular formula is C15H20N2O2. The molecule has 1 heterocycles. The topological polar surface area (TPSA) is 58.2 Å². The summed E-state index contributed by atoms with van der Waals surface area (Å²) in [5, 5.41) is 5.73. The average molecular weight is 260 g/mol. The predicted octanol–water partition coefficient (Wildman–Crippen LogP) is 1.26. The van der Waals surface area contributed by atoms with Crippen molar-refractivity contribution in [3.05, 3.63) is 35.9 Å². The van der Waals surface area contributed by atoms with E-state index in [1.165, 1.54) is 5.56 Å². The lowest BCUT2D eigenvalue weighted by Gasteiger charge is -2.32. The number of hydrogen-bond acceptors (Lipinski definition) is 2. The molecule has 0 spiro atoms. The van der Waals surface area contributed by atoms with Gasteiger partial charge < -0.3 is 10.6 Å². The van der Waals surface area contributed by atoms with Crippen LogP contribution in [0.3, 0.4) is 0 Å². The molecule has 1 aliphatic heterocycles. The van der Waals surface area contributed by atoms with Crippen LogP contribution in [0, 0.1) is 5.41 Å². The Morgan fingerprint density at radius 1 is 1.37 bits per heavy atom. The molecule has 1 saturated heterocycles. The van der Waals surface area contributed by atoms with Gasteiger partial charge in [0.2, 0.25) is 11.8 Å². The van der Waals surface area contributed by atoms with Gasteiger partial charge in [-0.15, -0.1) is 0 Å². The van der Waals surface area contributed by atoms with Gasteiger partial charge in [0, 0.05) is 19.5 Å². The van der Waals surface area contributed by atoms with Crippen molar-refractivity contribution < 1.29 is 9.59 Å². The lowest BCUT2D eigenvalue weighted by molar-refractivity contribution is -0.134. The van der Waals surface area contributed by atoms with Crippen LogP contribution in [0.1, 0.15) is 25.3 Å². The Morgan fingerprint density at radius 3 is 2.74 bits per heavy atom. The number of hydrogen-bond donors (Lipinski definition) is 2. The van der Waals surface area contributed by atoms with Gasteiger partial charge in [-0.1, -0.05) is 30.3 Å². The molecule has 2 N–H and O–H groups in total. The molecule has 1 aromatic carbocycles. The summed E-state index contributed by atoms with van der Waals surface area (Å²) in [6.07, 6.45) is 1.88. The first-order valence-electron chi connectivity index (χ1n) is 6.69. The van der Waals surface area contributed by atoms with Crippen LogP contribution in [0.2, 0.25) is 0 Å². The van der Waals surface area contributed by atoms with Crippen LogP contribution in [0.25, 0.3) is 0 Å². The standard InChI is InChI=1S/C15H20N2O2/c1-15(9-7-13(18)17-11-15)14(19)16-10-8-12-5-3-2-4-6-12/h2-6H,7-11H2,1H3,(H,16,19)(H,17,18). The number of benzene rings is 1. The number of rotatable bonds is 4. The largest absolute Gasteiger partial charge is 0.355 e. The number of carbonyl (C=O) groups excluding carboxylic acids is 2. The van der Waals surface area contributed by atoms with Crippen molar-refractivity contribution in [2.45, 2.75) is 26.2 Å². The number of piperidine rings is 1. The van der Waals surface area contributed by atoms with Crippen molar-refractivity contribution >= 4 is 11.8 Å². The van der Waals surface area contributed by atoms with E-state index in [-0.39, 0.29) is 11.8 Å². The monoisotopic (exact) mass is 260 g/mol. The molecule has 0 bridgehead atoms. The summed E-state index contributed by atoms with van der Waals surface area (Å²) in [4.78, 5) is 23.3. The first-order valence-corrected chi connectivity index (χ1v) is 6.69. The second kappa shape index (κ2) is 5.87. The lowest BCUT2D eigenvalue weighted by Crippen LogP contribution is -2.50. The summed E-state index contributed by atoms with van der Waals surface area (Å²) in [6.45, 7) is 2.97. The van der Waals surface area contributed by atoms with E-state index in [0.29, 0.717) is 25.9 Å². The normalized spacial score (nSPS) is 22.7. The molecule has 1 aliphatic rings. The van der Waals surface area contributed by atoms with E-state index in [1.54, 1.807) is 0 Å². The minimum atomic E-state index is -0.468. The third-order valence-electron chi connectivity index (χ3n) is 3.67. The van der Waals surface area contributed by atoms with Gasteiger partial charge in [-0.05, 0) is 25.3 Å². The fourth-order valence-electron chi connectivity index (χ4n) is 2.23. The Bertz CT molecular complexity index is 446. The molecule has 4 heteroatoms. The van der Waals surface area contributed by atoms with Crippen molar-refractivity contribution in [2.24, 2.45) is 5.41 Å². The summed E-state index contributed by atoms with van der Waals surface area (Å²) in [7, 11) is 0. The van der Waals surface area contributed by atoms with Gasteiger partial charge in [-0.2, -0.15) is 0 Å². The van der Waals surface area contributed by atoms with Gasteiger partial charge in [0.05, 0.1) is 5.41 Å². The van der Waals surface area contributed by atoms with E-state index in [0.717, 1.165) is 6.42 Å². The molecule has 2 rings (SSSR count). The lowest BCUT2D eigenvalue weighted by atomic mass is 9.81. The van der Waals surface area contributed by atoms with Crippen LogP contribution in [-0.2, 0) is 16.0 Å². The Kier molecular flexibility index (Phi) is 4.20. The Hall–Kier alpha value is -1.84. The van der Waals surface area contributed by atoms with Crippen molar-refractivity contribution in [2.75, 3.05) is 13.1 Å². The maximum atomic E-state index is 12.2. The van der Waals surface area contributed by atoms with Crippen LogP contribution >= 0.6 is 0 Å². The van der Waals surface area contributed by atoms with Gasteiger partial charge in [-0.25, -0.2) is 0 Å². The summed E-state index contributed by atoms with van der Waals surface area (Å²) >= 11 is 0. The van der Waals surface area contributed by atoms with Crippen LogP contribution in [0.15, 0.2) is 30.3 Å². The molecule has 1 atom stereocenters. The molecule has 19 heavy (non-hydrogen) atoms. The van der Waals surface area contributed by atoms with Crippen LogP contribution in [-0.4, -0.2) is 24.9 Å². The molecular weight excluding hydrogens is 240 g/mol. The average Bonchev–Trinajstić information content (AvgIpc) is 2.43. The highest BCUT2D eigenvalue weighted by atomic mass is 16.2. The minimum absolute atomic E-state index is 0.0310. The second-order valence-corrected chi connectivity index (χ2v) is 5.33. The minimum Gasteiger partial charge on any atom is -0.355 e. The maximum Gasteiger partial charge on any atom is 0.227 e. The van der Waals surface area contributed by atoms with E-state index < -0.39 is 5.41 Å². The van der Waals surface area contributed by atoms with Crippen molar-refractivity contribution in [3.63, 3.8) is 0 Å². The molecule has 0 radical (unpaired) electrons. The van der Waals surface area contributed by atoms with Crippen LogP contribution < -0.4 is 10.6 Å². The zero-order valence-corrected chi connectivity index (χ0v) is 11.2. The van der Waals surface area contributed by atoms with Gasteiger partial charge >= 0.3 is 0 Å². The summed E-state index contributed by atoms with van der Waals surface area (Å²) in [5.41, 5.74) is 0.745. The zero-order valence-electron chi connectivity index (χ0n) is 11.2. The summed E-state index contributed by atoms with van der Waals surface area (Å²) < 4.78 is 0. The second-order valence-electron chi connectivity index (χ2n) is 5.33. The molecule has 2 amide bonds. The predicted molar refractivity (Wildman–Crippen MR) is 73.5 cm³/mol. The van der Waals surface area contributed by atoms with Crippen LogP contribution in [0.5, 0.6) is 0 Å². The number of nitrogens with one attached hydrogen (secondary N) is 2. The molecule has 1 fully saturated rings. The SMILES string of the molecule is CC1(C(=O)NCCc2ccccc2)CCC(=O)NC1. The van der Waals surface area contributed by atoms with E-state index in [2.05, 4.69) is 22.8 Å². The van der Waals surface area contributed by atoms with E-state index >= 15 is 0 Å². The van der Waals surface area contributed by atoms with Gasteiger partial charge in [0.15, 0.2) is 0 Å². The maximum absolute atomic E-state index is 12.2. The van der Waals surface area contributed by atoms with Crippen molar-refractivity contribution in [3.8, 4) is 0 Å². The molecule has 0 aliphatic carbocycles. The molecule has 4 nitrogen and oxygen atoms in total. The smallest absolute Gasteiger partial charge is 0.227 e. The third-order valence-corrected chi connectivity index (χ3v) is 3.67. The summed E-state index contributed by atoms with van der Waals surface area (Å²) in [5.74, 6) is 0.0676. The zero-order chi connectivity index (χ0) is 13.7. The fourth-order valence-corrected chi connectivity index (χ4v) is 2.23.